The second kappa shape index (κ2) is 8.81. The van der Waals surface area contributed by atoms with Gasteiger partial charge in [0.15, 0.2) is 12.2 Å². The quantitative estimate of drug-likeness (QED) is 0.589. The smallest absolute Gasteiger partial charge is 0.252 e. The van der Waals surface area contributed by atoms with Crippen LogP contribution in [0, 0.1) is 0 Å². The summed E-state index contributed by atoms with van der Waals surface area (Å²) in [6.07, 6.45) is -3.66. The summed E-state index contributed by atoms with van der Waals surface area (Å²) >= 11 is 0. The molecule has 2 rings (SSSR count). The molecule has 0 unspecified atom stereocenters. The fraction of sp³-hybridized carbons (Fsp3) is 0.222. The number of nitrogens with one attached hydrogen (secondary N) is 2. The van der Waals surface area contributed by atoms with Gasteiger partial charge in [-0.3, -0.25) is 9.59 Å². The highest BCUT2D eigenvalue weighted by Gasteiger charge is 2.29. The van der Waals surface area contributed by atoms with Crippen LogP contribution in [0.15, 0.2) is 60.7 Å². The number of rotatable bonds is 7. The van der Waals surface area contributed by atoms with Crippen molar-refractivity contribution in [3.63, 3.8) is 0 Å². The summed E-state index contributed by atoms with van der Waals surface area (Å²) in [5, 5.41) is 24.6. The highest BCUT2D eigenvalue weighted by molar-refractivity contribution is 5.90. The minimum Gasteiger partial charge on any atom is -0.380 e. The number of carbonyl (C=O) groups excluding carboxylic acids is 2. The third kappa shape index (κ3) is 5.19. The lowest BCUT2D eigenvalue weighted by Gasteiger charge is -2.17. The maximum Gasteiger partial charge on any atom is 0.252 e. The third-order valence-electron chi connectivity index (χ3n) is 3.46. The monoisotopic (exact) mass is 328 g/mol. The van der Waals surface area contributed by atoms with Gasteiger partial charge in [0, 0.05) is 13.1 Å². The van der Waals surface area contributed by atoms with E-state index in [-0.39, 0.29) is 13.1 Å². The molecular formula is C18H20N2O4. The van der Waals surface area contributed by atoms with Gasteiger partial charge < -0.3 is 20.8 Å². The molecule has 0 fully saturated rings. The molecule has 0 aromatic heterocycles. The molecule has 2 amide bonds. The molecule has 6 nitrogen and oxygen atoms in total. The average molecular weight is 328 g/mol. The van der Waals surface area contributed by atoms with E-state index in [0.29, 0.717) is 0 Å². The molecule has 0 saturated carbocycles. The van der Waals surface area contributed by atoms with Crippen LogP contribution >= 0.6 is 0 Å². The van der Waals surface area contributed by atoms with Crippen molar-refractivity contribution >= 4 is 11.8 Å². The van der Waals surface area contributed by atoms with Gasteiger partial charge in [0.2, 0.25) is 0 Å². The Balaban J connectivity index is 1.80. The molecule has 2 aromatic carbocycles. The average Bonchev–Trinajstić information content (AvgIpc) is 2.64. The van der Waals surface area contributed by atoms with Crippen molar-refractivity contribution in [2.45, 2.75) is 25.3 Å². The number of hydrogen-bond donors (Lipinski definition) is 4. The Kier molecular flexibility index (Phi) is 6.48. The SMILES string of the molecule is O=C(NCc1ccccc1)[C@@H](O)[C@@H](O)C(=O)NCc1ccccc1. The molecule has 2 atom stereocenters. The molecule has 6 heteroatoms. The predicted molar refractivity (Wildman–Crippen MR) is 88.6 cm³/mol. The summed E-state index contributed by atoms with van der Waals surface area (Å²) in [6, 6.07) is 18.2. The first-order chi connectivity index (χ1) is 11.6. The number of carbonyl (C=O) groups is 2. The Bertz CT molecular complexity index is 602. The second-order valence-electron chi connectivity index (χ2n) is 5.30. The van der Waals surface area contributed by atoms with Gasteiger partial charge in [0.25, 0.3) is 11.8 Å². The van der Waals surface area contributed by atoms with Crippen molar-refractivity contribution in [2.24, 2.45) is 0 Å². The van der Waals surface area contributed by atoms with E-state index in [0.717, 1.165) is 11.1 Å². The predicted octanol–water partition coefficient (Wildman–Crippen LogP) is 0.341. The van der Waals surface area contributed by atoms with Crippen LogP contribution in [0.5, 0.6) is 0 Å². The Labute approximate surface area is 140 Å². The lowest BCUT2D eigenvalue weighted by Crippen LogP contribution is -2.49. The van der Waals surface area contributed by atoms with E-state index in [4.69, 9.17) is 0 Å². The van der Waals surface area contributed by atoms with Gasteiger partial charge >= 0.3 is 0 Å². The topological polar surface area (TPSA) is 98.7 Å². The van der Waals surface area contributed by atoms with Crippen LogP contribution in [-0.4, -0.2) is 34.2 Å². The normalized spacial score (nSPS) is 12.9. The molecule has 2 aromatic rings. The fourth-order valence-corrected chi connectivity index (χ4v) is 2.07. The van der Waals surface area contributed by atoms with E-state index in [1.165, 1.54) is 0 Å². The van der Waals surface area contributed by atoms with E-state index in [9.17, 15) is 19.8 Å². The van der Waals surface area contributed by atoms with Crippen molar-refractivity contribution in [2.75, 3.05) is 0 Å². The van der Waals surface area contributed by atoms with Crippen molar-refractivity contribution in [1.29, 1.82) is 0 Å². The molecule has 24 heavy (non-hydrogen) atoms. The zero-order valence-electron chi connectivity index (χ0n) is 13.1. The Morgan fingerprint density at radius 1 is 0.708 bits per heavy atom. The van der Waals surface area contributed by atoms with E-state index < -0.39 is 24.0 Å². The first-order valence-electron chi connectivity index (χ1n) is 7.57. The minimum absolute atomic E-state index is 0.203. The summed E-state index contributed by atoms with van der Waals surface area (Å²) < 4.78 is 0. The van der Waals surface area contributed by atoms with Crippen LogP contribution in [-0.2, 0) is 22.7 Å². The summed E-state index contributed by atoms with van der Waals surface area (Å²) in [5.74, 6) is -1.61. The Morgan fingerprint density at radius 3 is 1.38 bits per heavy atom. The lowest BCUT2D eigenvalue weighted by molar-refractivity contribution is -0.146. The molecular weight excluding hydrogens is 308 g/mol. The Morgan fingerprint density at radius 2 is 1.04 bits per heavy atom. The number of hydrogen-bond acceptors (Lipinski definition) is 4. The standard InChI is InChI=1S/C18H20N2O4/c21-15(17(23)19-11-13-7-3-1-4-8-13)16(22)18(24)20-12-14-9-5-2-6-10-14/h1-10,15-16,21-22H,11-12H2,(H,19,23)(H,20,24)/t15-,16+. The van der Waals surface area contributed by atoms with E-state index in [1.54, 1.807) is 0 Å². The van der Waals surface area contributed by atoms with Crippen molar-refractivity contribution in [3.05, 3.63) is 71.8 Å². The largest absolute Gasteiger partial charge is 0.380 e. The molecule has 0 saturated heterocycles. The highest BCUT2D eigenvalue weighted by atomic mass is 16.3. The molecule has 0 aliphatic carbocycles. The van der Waals surface area contributed by atoms with Gasteiger partial charge in [-0.25, -0.2) is 0 Å². The molecule has 126 valence electrons. The van der Waals surface area contributed by atoms with Crippen LogP contribution in [0.4, 0.5) is 0 Å². The van der Waals surface area contributed by atoms with Gasteiger partial charge in [0.05, 0.1) is 0 Å². The van der Waals surface area contributed by atoms with Gasteiger partial charge in [-0.15, -0.1) is 0 Å². The number of aliphatic hydroxyl groups excluding tert-OH is 2. The number of benzene rings is 2. The van der Waals surface area contributed by atoms with E-state index in [2.05, 4.69) is 10.6 Å². The van der Waals surface area contributed by atoms with Crippen molar-refractivity contribution in [1.82, 2.24) is 10.6 Å². The van der Waals surface area contributed by atoms with Gasteiger partial charge in [-0.1, -0.05) is 60.7 Å². The number of aliphatic hydroxyl groups is 2. The molecule has 0 heterocycles. The first-order valence-corrected chi connectivity index (χ1v) is 7.57. The van der Waals surface area contributed by atoms with E-state index >= 15 is 0 Å². The summed E-state index contributed by atoms with van der Waals surface area (Å²) in [6.45, 7) is 0.407. The first kappa shape index (κ1) is 17.7. The second-order valence-corrected chi connectivity index (χ2v) is 5.30. The summed E-state index contributed by atoms with van der Waals surface area (Å²) in [4.78, 5) is 23.7. The van der Waals surface area contributed by atoms with Gasteiger partial charge in [0.1, 0.15) is 0 Å². The molecule has 0 radical (unpaired) electrons. The molecule has 0 spiro atoms. The van der Waals surface area contributed by atoms with Crippen LogP contribution < -0.4 is 10.6 Å². The highest BCUT2D eigenvalue weighted by Crippen LogP contribution is 2.01. The van der Waals surface area contributed by atoms with E-state index in [1.807, 2.05) is 60.7 Å². The van der Waals surface area contributed by atoms with Gasteiger partial charge in [-0.05, 0) is 11.1 Å². The van der Waals surface area contributed by atoms with Crippen LogP contribution in [0.25, 0.3) is 0 Å². The molecule has 4 N–H and O–H groups in total. The third-order valence-corrected chi connectivity index (χ3v) is 3.46. The van der Waals surface area contributed by atoms with Crippen molar-refractivity contribution < 1.29 is 19.8 Å². The molecule has 0 aliphatic heterocycles. The maximum atomic E-state index is 11.8. The minimum atomic E-state index is -1.83. The molecule has 0 bridgehead atoms. The zero-order chi connectivity index (χ0) is 17.4. The number of amides is 2. The van der Waals surface area contributed by atoms with Crippen LogP contribution in [0.2, 0.25) is 0 Å². The molecule has 0 aliphatic rings. The van der Waals surface area contributed by atoms with Crippen LogP contribution in [0.1, 0.15) is 11.1 Å². The Hall–Kier alpha value is -2.70. The summed E-state index contributed by atoms with van der Waals surface area (Å²) in [7, 11) is 0. The van der Waals surface area contributed by atoms with Crippen LogP contribution in [0.3, 0.4) is 0 Å². The fourth-order valence-electron chi connectivity index (χ4n) is 2.07. The lowest BCUT2D eigenvalue weighted by atomic mass is 10.1. The maximum absolute atomic E-state index is 11.8. The summed E-state index contributed by atoms with van der Waals surface area (Å²) in [5.41, 5.74) is 1.70. The zero-order valence-corrected chi connectivity index (χ0v) is 13.1. The van der Waals surface area contributed by atoms with Gasteiger partial charge in [-0.2, -0.15) is 0 Å². The van der Waals surface area contributed by atoms with Crippen molar-refractivity contribution in [3.8, 4) is 0 Å².